The summed E-state index contributed by atoms with van der Waals surface area (Å²) in [5.41, 5.74) is 11.0. The molecule has 59 heavy (non-hydrogen) atoms. The van der Waals surface area contributed by atoms with Crippen LogP contribution in [0.4, 0.5) is 20.6 Å². The Morgan fingerprint density at radius 3 is 2.32 bits per heavy atom. The van der Waals surface area contributed by atoms with Crippen molar-refractivity contribution in [2.24, 2.45) is 5.73 Å². The average molecular weight is 805 g/mol. The zero-order chi connectivity index (χ0) is 40.9. The van der Waals surface area contributed by atoms with Crippen molar-refractivity contribution >= 4 is 51.9 Å². The molecule has 6 amide bonds. The van der Waals surface area contributed by atoms with Gasteiger partial charge >= 0.3 is 6.03 Å². The van der Waals surface area contributed by atoms with Gasteiger partial charge in [0.25, 0.3) is 11.8 Å². The van der Waals surface area contributed by atoms with Crippen molar-refractivity contribution in [1.82, 2.24) is 35.3 Å². The molecule has 0 spiro atoms. The van der Waals surface area contributed by atoms with E-state index in [-0.39, 0.29) is 42.1 Å². The minimum atomic E-state index is -0.745. The Kier molecular flexibility index (Phi) is 10.2. The van der Waals surface area contributed by atoms with E-state index >= 15 is 4.39 Å². The number of nitrogens with two attached hydrogens (primary N) is 1. The number of carbonyl (C=O) groups excluding carboxylic acids is 5. The number of aromatic amines is 1. The predicted molar refractivity (Wildman–Crippen MR) is 220 cm³/mol. The molecule has 0 saturated carbocycles. The lowest BCUT2D eigenvalue weighted by atomic mass is 9.87. The highest BCUT2D eigenvalue weighted by atomic mass is 19.1. The number of aromatic nitrogens is 2. The summed E-state index contributed by atoms with van der Waals surface area (Å²) in [6.07, 6.45) is 5.92. The van der Waals surface area contributed by atoms with Gasteiger partial charge in [-0.2, -0.15) is 0 Å². The third kappa shape index (κ3) is 7.45. The zero-order valence-corrected chi connectivity index (χ0v) is 33.1. The molecule has 2 atom stereocenters. The highest BCUT2D eigenvalue weighted by Crippen LogP contribution is 2.39. The van der Waals surface area contributed by atoms with E-state index in [4.69, 9.17) is 5.73 Å². The van der Waals surface area contributed by atoms with Gasteiger partial charge < -0.3 is 35.6 Å². The zero-order valence-electron chi connectivity index (χ0n) is 33.1. The minimum absolute atomic E-state index is 0.00812. The quantitative estimate of drug-likeness (QED) is 0.185. The van der Waals surface area contributed by atoms with Crippen molar-refractivity contribution < 1.29 is 28.4 Å². The van der Waals surface area contributed by atoms with Gasteiger partial charge in [0.15, 0.2) is 0 Å². The Morgan fingerprint density at radius 1 is 0.881 bits per heavy atom. The summed E-state index contributed by atoms with van der Waals surface area (Å²) in [7, 11) is 1.80. The maximum absolute atomic E-state index is 16.0. The lowest BCUT2D eigenvalue weighted by molar-refractivity contribution is -0.134. The standard InChI is InChI=1S/C43H49FN10O5/c1-50-17-18-54(43(50)59)29-3-2-14-52(22-29)39-31-20-36(47-38(31)32(40(45)56)19-33(39)44)27-6-4-25(5-7-27)26-12-15-51(16-13-26)30-23-53(24-30)28-8-9-34(46-21-28)41(57)48-35-10-11-37(55)49-42(35)58/h4-9,19-21,26,29-30,35,47H,2-3,10-18,22-24H2,1H3,(H2,45,56)(H,48,57)(H,49,55,58)/t29-,35+/m1/s1. The van der Waals surface area contributed by atoms with Crippen LogP contribution >= 0.6 is 0 Å². The van der Waals surface area contributed by atoms with E-state index in [0.717, 1.165) is 68.8 Å². The summed E-state index contributed by atoms with van der Waals surface area (Å²) >= 11 is 0. The number of amides is 6. The van der Waals surface area contributed by atoms with Crippen LogP contribution in [0.25, 0.3) is 22.2 Å². The van der Waals surface area contributed by atoms with Gasteiger partial charge in [0, 0.05) is 69.9 Å². The highest BCUT2D eigenvalue weighted by Gasteiger charge is 2.37. The first-order valence-electron chi connectivity index (χ1n) is 20.6. The molecular weight excluding hydrogens is 756 g/mol. The largest absolute Gasteiger partial charge is 0.367 e. The summed E-state index contributed by atoms with van der Waals surface area (Å²) in [5.74, 6) is -2.04. The maximum Gasteiger partial charge on any atom is 0.320 e. The third-order valence-electron chi connectivity index (χ3n) is 13.0. The molecule has 2 aromatic heterocycles. The van der Waals surface area contributed by atoms with E-state index in [9.17, 15) is 24.0 Å². The topological polar surface area (TPSA) is 180 Å². The fourth-order valence-electron chi connectivity index (χ4n) is 9.54. The first-order valence-corrected chi connectivity index (χ1v) is 20.6. The molecule has 5 N–H and O–H groups in total. The first kappa shape index (κ1) is 38.5. The highest BCUT2D eigenvalue weighted by molar-refractivity contribution is 6.10. The van der Waals surface area contributed by atoms with E-state index in [1.165, 1.54) is 11.6 Å². The predicted octanol–water partition coefficient (Wildman–Crippen LogP) is 3.41. The second kappa shape index (κ2) is 15.6. The second-order valence-electron chi connectivity index (χ2n) is 16.6. The number of hydrogen-bond donors (Lipinski definition) is 4. The van der Waals surface area contributed by atoms with Crippen molar-refractivity contribution in [1.29, 1.82) is 0 Å². The number of urea groups is 1. The van der Waals surface area contributed by atoms with Crippen molar-refractivity contribution in [3.8, 4) is 11.3 Å². The molecule has 7 heterocycles. The van der Waals surface area contributed by atoms with E-state index in [1.807, 2.05) is 21.9 Å². The van der Waals surface area contributed by atoms with Crippen molar-refractivity contribution in [3.05, 3.63) is 77.4 Å². The normalized spacial score (nSPS) is 22.2. The van der Waals surface area contributed by atoms with E-state index in [0.29, 0.717) is 54.7 Å². The Hall–Kier alpha value is -6.03. The van der Waals surface area contributed by atoms with Gasteiger partial charge in [0.2, 0.25) is 11.8 Å². The minimum Gasteiger partial charge on any atom is -0.367 e. The molecule has 5 aliphatic rings. The van der Waals surface area contributed by atoms with Crippen LogP contribution < -0.4 is 26.2 Å². The number of likely N-dealkylation sites (tertiary alicyclic amines) is 1. The lowest BCUT2D eigenvalue weighted by Gasteiger charge is -2.48. The number of rotatable bonds is 9. The Balaban J connectivity index is 0.811. The Morgan fingerprint density at radius 2 is 1.64 bits per heavy atom. The van der Waals surface area contributed by atoms with Crippen LogP contribution in [0.2, 0.25) is 0 Å². The number of benzene rings is 2. The number of primary amides is 1. The van der Waals surface area contributed by atoms with Crippen LogP contribution in [0.3, 0.4) is 0 Å². The number of nitrogens with one attached hydrogen (secondary N) is 3. The number of likely N-dealkylation sites (N-methyl/N-ethyl adjacent to an activating group) is 1. The van der Waals surface area contributed by atoms with Crippen LogP contribution in [0.15, 0.2) is 54.7 Å². The second-order valence-corrected chi connectivity index (χ2v) is 16.6. The first-order chi connectivity index (χ1) is 28.5. The van der Waals surface area contributed by atoms with Gasteiger partial charge in [-0.15, -0.1) is 0 Å². The van der Waals surface area contributed by atoms with Crippen LogP contribution in [-0.2, 0) is 9.59 Å². The molecule has 308 valence electrons. The van der Waals surface area contributed by atoms with E-state index in [2.05, 4.69) is 54.7 Å². The molecule has 0 aliphatic carbocycles. The number of pyridine rings is 1. The molecule has 5 saturated heterocycles. The van der Waals surface area contributed by atoms with Crippen molar-refractivity contribution in [3.63, 3.8) is 0 Å². The summed E-state index contributed by atoms with van der Waals surface area (Å²) in [6.45, 7) is 6.25. The number of imide groups is 1. The molecule has 4 aromatic rings. The van der Waals surface area contributed by atoms with Gasteiger partial charge in [0.1, 0.15) is 17.6 Å². The van der Waals surface area contributed by atoms with Gasteiger partial charge in [-0.1, -0.05) is 24.3 Å². The number of halogens is 1. The number of hydrogen-bond acceptors (Lipinski definition) is 9. The molecule has 0 bridgehead atoms. The number of fused-ring (bicyclic) bond motifs is 1. The van der Waals surface area contributed by atoms with E-state index in [1.54, 1.807) is 24.2 Å². The lowest BCUT2D eigenvalue weighted by Crippen LogP contribution is -2.60. The number of H-pyrrole nitrogens is 1. The van der Waals surface area contributed by atoms with Crippen LogP contribution in [-0.4, -0.2) is 132 Å². The van der Waals surface area contributed by atoms with Crippen LogP contribution in [0.5, 0.6) is 0 Å². The monoisotopic (exact) mass is 804 g/mol. The molecule has 0 radical (unpaired) electrons. The smallest absolute Gasteiger partial charge is 0.320 e. The molecular formula is C43H49FN10O5. The maximum atomic E-state index is 16.0. The van der Waals surface area contributed by atoms with Gasteiger partial charge in [-0.3, -0.25) is 29.4 Å². The molecule has 15 nitrogen and oxygen atoms in total. The Labute approximate surface area is 341 Å². The fraction of sp³-hybridized carbons (Fsp3) is 0.442. The van der Waals surface area contributed by atoms with Crippen molar-refractivity contribution in [2.45, 2.75) is 62.6 Å². The molecule has 2 aromatic carbocycles. The summed E-state index contributed by atoms with van der Waals surface area (Å²) in [5, 5.41) is 5.52. The summed E-state index contributed by atoms with van der Waals surface area (Å²) < 4.78 is 16.0. The van der Waals surface area contributed by atoms with Crippen molar-refractivity contribution in [2.75, 3.05) is 69.2 Å². The third-order valence-corrected chi connectivity index (χ3v) is 13.0. The summed E-state index contributed by atoms with van der Waals surface area (Å²) in [6, 6.07) is 14.9. The molecule has 16 heteroatoms. The SMILES string of the molecule is CN1CCN([C@@H]2CCCN(c3c(F)cc(C(N)=O)c4[nH]c(-c5ccc(C6CCN(C7CN(c8ccc(C(=O)N[C@H]9CCC(=O)NC9=O)nc8)C7)CC6)cc5)cc34)C2)C1=O. The molecule has 9 rings (SSSR count). The number of carbonyl (C=O) groups is 5. The molecule has 5 fully saturated rings. The fourth-order valence-corrected chi connectivity index (χ4v) is 9.54. The average Bonchev–Trinajstić information content (AvgIpc) is 3.81. The summed E-state index contributed by atoms with van der Waals surface area (Å²) in [4.78, 5) is 79.6. The number of anilines is 2. The van der Waals surface area contributed by atoms with Gasteiger partial charge in [-0.05, 0) is 86.5 Å². The molecule has 0 unspecified atom stereocenters. The van der Waals surface area contributed by atoms with Crippen LogP contribution in [0.1, 0.15) is 70.9 Å². The van der Waals surface area contributed by atoms with Crippen LogP contribution in [0, 0.1) is 5.82 Å². The number of piperidine rings is 3. The van der Waals surface area contributed by atoms with Gasteiger partial charge in [0.05, 0.1) is 34.7 Å². The van der Waals surface area contributed by atoms with Gasteiger partial charge in [-0.25, -0.2) is 14.2 Å². The molecule has 5 aliphatic heterocycles. The van der Waals surface area contributed by atoms with E-state index < -0.39 is 29.6 Å². The Bertz CT molecular complexity index is 2300. The number of nitrogens with zero attached hydrogens (tertiary/aromatic N) is 6.